The molecule has 1 aromatic heterocycles. The summed E-state index contributed by atoms with van der Waals surface area (Å²) >= 11 is 5.99. The highest BCUT2D eigenvalue weighted by atomic mass is 35.5. The number of carbonyl (C=O) groups excluding carboxylic acids is 1. The third-order valence-electron chi connectivity index (χ3n) is 4.90. The van der Waals surface area contributed by atoms with Gasteiger partial charge in [0, 0.05) is 30.2 Å². The van der Waals surface area contributed by atoms with Gasteiger partial charge in [-0.15, -0.1) is 0 Å². The first kappa shape index (κ1) is 19.7. The van der Waals surface area contributed by atoms with Crippen LogP contribution in [0.3, 0.4) is 0 Å². The first-order valence-corrected chi connectivity index (χ1v) is 9.03. The molecule has 1 amide bonds. The van der Waals surface area contributed by atoms with Gasteiger partial charge in [-0.25, -0.2) is 0 Å². The molecule has 1 fully saturated rings. The molecule has 146 valence electrons. The van der Waals surface area contributed by atoms with Crippen LogP contribution >= 0.6 is 11.6 Å². The number of carbonyl (C=O) groups is 1. The Hall–Kier alpha value is -2.06. The normalized spacial score (nSPS) is 17.1. The van der Waals surface area contributed by atoms with Crippen LogP contribution in [0.4, 0.5) is 13.2 Å². The van der Waals surface area contributed by atoms with Gasteiger partial charge < -0.3 is 10.6 Å². The van der Waals surface area contributed by atoms with E-state index in [1.807, 2.05) is 23.3 Å². The number of likely N-dealkylation sites (tertiary alicyclic amines) is 1. The van der Waals surface area contributed by atoms with Crippen molar-refractivity contribution in [1.29, 1.82) is 0 Å². The maximum absolute atomic E-state index is 12.6. The molecule has 0 aliphatic carbocycles. The molecule has 1 aliphatic heterocycles. The summed E-state index contributed by atoms with van der Waals surface area (Å²) in [7, 11) is 0. The van der Waals surface area contributed by atoms with Crippen LogP contribution in [0.25, 0.3) is 0 Å². The number of aromatic amines is 1. The predicted octanol–water partition coefficient (Wildman–Crippen LogP) is 3.50. The van der Waals surface area contributed by atoms with Gasteiger partial charge >= 0.3 is 6.18 Å². The van der Waals surface area contributed by atoms with E-state index >= 15 is 0 Å². The Morgan fingerprint density at radius 3 is 2.63 bits per heavy atom. The van der Waals surface area contributed by atoms with Crippen molar-refractivity contribution in [3.63, 3.8) is 0 Å². The molecule has 9 heteroatoms. The first-order chi connectivity index (χ1) is 12.7. The van der Waals surface area contributed by atoms with E-state index in [1.165, 1.54) is 4.90 Å². The second-order valence-corrected chi connectivity index (χ2v) is 7.23. The van der Waals surface area contributed by atoms with E-state index in [1.54, 1.807) is 6.07 Å². The fourth-order valence-electron chi connectivity index (χ4n) is 3.37. The van der Waals surface area contributed by atoms with Crippen LogP contribution in [-0.4, -0.2) is 40.1 Å². The molecule has 3 N–H and O–H groups in total. The summed E-state index contributed by atoms with van der Waals surface area (Å²) in [5.74, 6) is -0.262. The quantitative estimate of drug-likeness (QED) is 0.824. The van der Waals surface area contributed by atoms with Gasteiger partial charge in [-0.1, -0.05) is 23.7 Å². The topological polar surface area (TPSA) is 75.0 Å². The maximum atomic E-state index is 12.6. The lowest BCUT2D eigenvalue weighted by Gasteiger charge is -2.34. The number of amides is 1. The van der Waals surface area contributed by atoms with E-state index < -0.39 is 17.8 Å². The number of H-pyrrole nitrogens is 1. The number of rotatable bonds is 4. The average molecular weight is 401 g/mol. The van der Waals surface area contributed by atoms with Crippen LogP contribution in [-0.2, 0) is 12.6 Å². The van der Waals surface area contributed by atoms with Gasteiger partial charge in [-0.2, -0.15) is 18.3 Å². The molecule has 5 nitrogen and oxygen atoms in total. The molecular weight excluding hydrogens is 381 g/mol. The number of piperidine rings is 1. The van der Waals surface area contributed by atoms with Crippen LogP contribution < -0.4 is 5.73 Å². The van der Waals surface area contributed by atoms with Crippen LogP contribution in [0.15, 0.2) is 30.3 Å². The predicted molar refractivity (Wildman–Crippen MR) is 95.3 cm³/mol. The Kier molecular flexibility index (Phi) is 5.76. The zero-order valence-electron chi connectivity index (χ0n) is 14.5. The van der Waals surface area contributed by atoms with Crippen LogP contribution in [0.2, 0.25) is 5.02 Å². The van der Waals surface area contributed by atoms with Crippen molar-refractivity contribution in [3.8, 4) is 0 Å². The molecule has 0 saturated carbocycles. The zero-order valence-corrected chi connectivity index (χ0v) is 15.2. The minimum atomic E-state index is -4.55. The zero-order chi connectivity index (χ0) is 19.6. The largest absolute Gasteiger partial charge is 0.432 e. The molecule has 3 rings (SSSR count). The summed E-state index contributed by atoms with van der Waals surface area (Å²) < 4.78 is 37.9. The number of hydrogen-bond donors (Lipinski definition) is 2. The van der Waals surface area contributed by atoms with Gasteiger partial charge in [0.15, 0.2) is 5.69 Å². The SMILES string of the molecule is NC(Cc1cccc(Cl)c1)C1CCN(C(=O)c2cc(C(F)(F)F)[nH]n2)CC1. The molecule has 1 atom stereocenters. The number of nitrogens with zero attached hydrogens (tertiary/aromatic N) is 2. The van der Waals surface area contributed by atoms with Crippen molar-refractivity contribution >= 4 is 17.5 Å². The lowest BCUT2D eigenvalue weighted by molar-refractivity contribution is -0.141. The Morgan fingerprint density at radius 2 is 2.04 bits per heavy atom. The van der Waals surface area contributed by atoms with E-state index in [9.17, 15) is 18.0 Å². The minimum Gasteiger partial charge on any atom is -0.337 e. The first-order valence-electron chi connectivity index (χ1n) is 8.66. The minimum absolute atomic E-state index is 0.0667. The van der Waals surface area contributed by atoms with Gasteiger partial charge in [-0.05, 0) is 42.9 Å². The summed E-state index contributed by atoms with van der Waals surface area (Å²) in [5.41, 5.74) is 6.14. The number of halogens is 4. The highest BCUT2D eigenvalue weighted by Crippen LogP contribution is 2.28. The Bertz CT molecular complexity index is 800. The lowest BCUT2D eigenvalue weighted by Crippen LogP contribution is -2.44. The highest BCUT2D eigenvalue weighted by Gasteiger charge is 2.35. The van der Waals surface area contributed by atoms with Crippen LogP contribution in [0.5, 0.6) is 0 Å². The summed E-state index contributed by atoms with van der Waals surface area (Å²) in [6, 6.07) is 8.22. The average Bonchev–Trinajstić information content (AvgIpc) is 3.12. The molecule has 2 heterocycles. The molecule has 1 unspecified atom stereocenters. The summed E-state index contributed by atoms with van der Waals surface area (Å²) in [6.07, 6.45) is -2.47. The Morgan fingerprint density at radius 1 is 1.33 bits per heavy atom. The molecule has 0 spiro atoms. The second kappa shape index (κ2) is 7.90. The number of nitrogens with one attached hydrogen (secondary N) is 1. The van der Waals surface area contributed by atoms with Gasteiger partial charge in [0.25, 0.3) is 5.91 Å². The fraction of sp³-hybridized carbons (Fsp3) is 0.444. The van der Waals surface area contributed by atoms with Crippen molar-refractivity contribution in [2.24, 2.45) is 11.7 Å². The third-order valence-corrected chi connectivity index (χ3v) is 5.13. The number of hydrogen-bond acceptors (Lipinski definition) is 3. The van der Waals surface area contributed by atoms with Crippen LogP contribution in [0.1, 0.15) is 34.6 Å². The van der Waals surface area contributed by atoms with Crippen LogP contribution in [0, 0.1) is 5.92 Å². The van der Waals surface area contributed by atoms with E-state index in [2.05, 4.69) is 5.10 Å². The summed E-state index contributed by atoms with van der Waals surface area (Å²) in [6.45, 7) is 0.891. The molecular formula is C18H20ClF3N4O. The summed E-state index contributed by atoms with van der Waals surface area (Å²) in [4.78, 5) is 13.9. The van der Waals surface area contributed by atoms with Crippen molar-refractivity contribution < 1.29 is 18.0 Å². The number of benzene rings is 1. The standard InChI is InChI=1S/C18H20ClF3N4O/c19-13-3-1-2-11(8-13)9-14(23)12-4-6-26(7-5-12)17(27)15-10-16(25-24-15)18(20,21)22/h1-3,8,10,12,14H,4-7,9,23H2,(H,24,25). The van der Waals surface area contributed by atoms with Gasteiger partial charge in [-0.3, -0.25) is 9.89 Å². The van der Waals surface area contributed by atoms with E-state index in [0.29, 0.717) is 37.4 Å². The van der Waals surface area contributed by atoms with Gasteiger partial charge in [0.1, 0.15) is 5.69 Å². The number of aromatic nitrogens is 2. The Balaban J connectivity index is 1.55. The molecule has 0 bridgehead atoms. The van der Waals surface area contributed by atoms with E-state index in [4.69, 9.17) is 17.3 Å². The van der Waals surface area contributed by atoms with Crippen molar-refractivity contribution in [1.82, 2.24) is 15.1 Å². The van der Waals surface area contributed by atoms with E-state index in [0.717, 1.165) is 11.6 Å². The smallest absolute Gasteiger partial charge is 0.337 e. The van der Waals surface area contributed by atoms with Gasteiger partial charge in [0.2, 0.25) is 0 Å². The molecule has 2 aromatic rings. The van der Waals surface area contributed by atoms with Crippen molar-refractivity contribution in [3.05, 3.63) is 52.3 Å². The fourth-order valence-corrected chi connectivity index (χ4v) is 3.58. The molecule has 1 saturated heterocycles. The monoisotopic (exact) mass is 400 g/mol. The second-order valence-electron chi connectivity index (χ2n) is 6.79. The molecule has 27 heavy (non-hydrogen) atoms. The number of nitrogens with two attached hydrogens (primary N) is 1. The molecule has 0 radical (unpaired) electrons. The lowest BCUT2D eigenvalue weighted by atomic mass is 9.86. The van der Waals surface area contributed by atoms with Crippen molar-refractivity contribution in [2.75, 3.05) is 13.1 Å². The van der Waals surface area contributed by atoms with Gasteiger partial charge in [0.05, 0.1) is 0 Å². The summed E-state index contributed by atoms with van der Waals surface area (Å²) in [5, 5.41) is 6.04. The van der Waals surface area contributed by atoms with Crippen molar-refractivity contribution in [2.45, 2.75) is 31.5 Å². The number of alkyl halides is 3. The Labute approximate surface area is 159 Å². The molecule has 1 aromatic carbocycles. The van der Waals surface area contributed by atoms with E-state index in [-0.39, 0.29) is 17.7 Å². The molecule has 1 aliphatic rings. The maximum Gasteiger partial charge on any atom is 0.432 e. The third kappa shape index (κ3) is 4.81. The highest BCUT2D eigenvalue weighted by molar-refractivity contribution is 6.30.